The Balaban J connectivity index is 1.70. The van der Waals surface area contributed by atoms with E-state index in [2.05, 4.69) is 16.8 Å². The van der Waals surface area contributed by atoms with Crippen LogP contribution in [0.25, 0.3) is 0 Å². The normalized spacial score (nSPS) is 17.1. The van der Waals surface area contributed by atoms with E-state index >= 15 is 0 Å². The van der Waals surface area contributed by atoms with E-state index < -0.39 is 0 Å². The van der Waals surface area contributed by atoms with Crippen LogP contribution in [-0.4, -0.2) is 37.5 Å². The molecule has 0 aliphatic carbocycles. The molecule has 18 heavy (non-hydrogen) atoms. The summed E-state index contributed by atoms with van der Waals surface area (Å²) >= 11 is 1.74. The summed E-state index contributed by atoms with van der Waals surface area (Å²) in [5, 5.41) is 5.30. The molecule has 100 valence electrons. The number of rotatable bonds is 5. The molecule has 2 rings (SSSR count). The Hall–Kier alpha value is -0.870. The van der Waals surface area contributed by atoms with E-state index in [9.17, 15) is 4.79 Å². The van der Waals surface area contributed by atoms with Crippen LogP contribution < -0.4 is 5.32 Å². The maximum atomic E-state index is 12.1. The highest BCUT2D eigenvalue weighted by Gasteiger charge is 2.21. The van der Waals surface area contributed by atoms with Gasteiger partial charge < -0.3 is 10.2 Å². The fourth-order valence-corrected chi connectivity index (χ4v) is 3.23. The molecule has 1 saturated heterocycles. The molecule has 2 heterocycles. The third kappa shape index (κ3) is 3.82. The molecule has 1 aliphatic heterocycles. The lowest BCUT2D eigenvalue weighted by atomic mass is 9.96. The number of hydrogen-bond acceptors (Lipinski definition) is 3. The summed E-state index contributed by atoms with van der Waals surface area (Å²) in [6.07, 6.45) is 3.85. The number of piperidine rings is 1. The molecule has 3 nitrogen and oxygen atoms in total. The van der Waals surface area contributed by atoms with E-state index in [4.69, 9.17) is 0 Å². The SMILES string of the molecule is CNCC1CCN(C(=O)CCc2cccs2)CC1. The molecule has 0 unspecified atom stereocenters. The number of carbonyl (C=O) groups is 1. The maximum Gasteiger partial charge on any atom is 0.222 e. The van der Waals surface area contributed by atoms with Crippen LogP contribution >= 0.6 is 11.3 Å². The van der Waals surface area contributed by atoms with E-state index in [-0.39, 0.29) is 0 Å². The molecule has 1 amide bonds. The molecular weight excluding hydrogens is 244 g/mol. The van der Waals surface area contributed by atoms with E-state index in [0.717, 1.165) is 44.8 Å². The molecule has 0 saturated carbocycles. The smallest absolute Gasteiger partial charge is 0.222 e. The summed E-state index contributed by atoms with van der Waals surface area (Å²) in [5.74, 6) is 1.07. The Morgan fingerprint density at radius 2 is 2.28 bits per heavy atom. The second-order valence-corrected chi connectivity index (χ2v) is 5.99. The van der Waals surface area contributed by atoms with Crippen molar-refractivity contribution < 1.29 is 4.79 Å². The van der Waals surface area contributed by atoms with Gasteiger partial charge in [0, 0.05) is 24.4 Å². The van der Waals surface area contributed by atoms with Crippen molar-refractivity contribution in [1.82, 2.24) is 10.2 Å². The molecule has 4 heteroatoms. The number of hydrogen-bond donors (Lipinski definition) is 1. The fourth-order valence-electron chi connectivity index (χ4n) is 2.52. The summed E-state index contributed by atoms with van der Waals surface area (Å²) in [7, 11) is 2.00. The Morgan fingerprint density at radius 1 is 1.50 bits per heavy atom. The quantitative estimate of drug-likeness (QED) is 0.885. The van der Waals surface area contributed by atoms with Crippen LogP contribution in [0.4, 0.5) is 0 Å². The van der Waals surface area contributed by atoms with E-state index in [1.165, 1.54) is 4.88 Å². The predicted octanol–water partition coefficient (Wildman–Crippen LogP) is 2.14. The highest BCUT2D eigenvalue weighted by atomic mass is 32.1. The average Bonchev–Trinajstić information content (AvgIpc) is 2.90. The third-order valence-electron chi connectivity index (χ3n) is 3.63. The highest BCUT2D eigenvalue weighted by Crippen LogP contribution is 2.18. The van der Waals surface area contributed by atoms with Crippen LogP contribution in [0, 0.1) is 5.92 Å². The van der Waals surface area contributed by atoms with Gasteiger partial charge in [-0.1, -0.05) is 6.07 Å². The number of likely N-dealkylation sites (tertiary alicyclic amines) is 1. The largest absolute Gasteiger partial charge is 0.343 e. The molecule has 1 N–H and O–H groups in total. The Bertz CT molecular complexity index is 356. The number of carbonyl (C=O) groups excluding carboxylic acids is 1. The zero-order valence-electron chi connectivity index (χ0n) is 11.0. The van der Waals surface area contributed by atoms with Crippen molar-refractivity contribution in [3.05, 3.63) is 22.4 Å². The van der Waals surface area contributed by atoms with Gasteiger partial charge in [-0.05, 0) is 50.2 Å². The van der Waals surface area contributed by atoms with Crippen LogP contribution in [0.3, 0.4) is 0 Å². The molecule has 0 spiro atoms. The van der Waals surface area contributed by atoms with Crippen molar-refractivity contribution in [3.8, 4) is 0 Å². The average molecular weight is 266 g/mol. The number of nitrogens with zero attached hydrogens (tertiary/aromatic N) is 1. The lowest BCUT2D eigenvalue weighted by molar-refractivity contribution is -0.132. The number of amides is 1. The van der Waals surface area contributed by atoms with Crippen molar-refractivity contribution in [2.24, 2.45) is 5.92 Å². The standard InChI is InChI=1S/C14H22N2OS/c1-15-11-12-6-8-16(9-7-12)14(17)5-4-13-3-2-10-18-13/h2-3,10,12,15H,4-9,11H2,1H3. The third-order valence-corrected chi connectivity index (χ3v) is 4.56. The second-order valence-electron chi connectivity index (χ2n) is 4.96. The maximum absolute atomic E-state index is 12.1. The van der Waals surface area contributed by atoms with Gasteiger partial charge in [0.15, 0.2) is 0 Å². The summed E-state index contributed by atoms with van der Waals surface area (Å²) in [4.78, 5) is 15.4. The highest BCUT2D eigenvalue weighted by molar-refractivity contribution is 7.09. The van der Waals surface area contributed by atoms with Gasteiger partial charge in [0.2, 0.25) is 5.91 Å². The number of nitrogens with one attached hydrogen (secondary N) is 1. The number of aryl methyl sites for hydroxylation is 1. The lowest BCUT2D eigenvalue weighted by Crippen LogP contribution is -2.40. The molecule has 0 atom stereocenters. The van der Waals surface area contributed by atoms with Gasteiger partial charge in [-0.15, -0.1) is 11.3 Å². The minimum atomic E-state index is 0.325. The van der Waals surface area contributed by atoms with Crippen molar-refractivity contribution in [1.29, 1.82) is 0 Å². The fraction of sp³-hybridized carbons (Fsp3) is 0.643. The Labute approximate surface area is 113 Å². The molecule has 0 radical (unpaired) electrons. The zero-order chi connectivity index (χ0) is 12.8. The second kappa shape index (κ2) is 6.90. The summed E-state index contributed by atoms with van der Waals surface area (Å²) in [6, 6.07) is 4.16. The first-order valence-corrected chi connectivity index (χ1v) is 7.62. The molecule has 1 aromatic heterocycles. The zero-order valence-corrected chi connectivity index (χ0v) is 11.8. The first kappa shape index (κ1) is 13.6. The van der Waals surface area contributed by atoms with Gasteiger partial charge in [-0.2, -0.15) is 0 Å². The van der Waals surface area contributed by atoms with E-state index in [1.807, 2.05) is 18.0 Å². The van der Waals surface area contributed by atoms with E-state index in [0.29, 0.717) is 12.3 Å². The lowest BCUT2D eigenvalue weighted by Gasteiger charge is -2.32. The van der Waals surface area contributed by atoms with Gasteiger partial charge in [-0.3, -0.25) is 4.79 Å². The molecule has 0 bridgehead atoms. The number of thiophene rings is 1. The van der Waals surface area contributed by atoms with Crippen LogP contribution in [-0.2, 0) is 11.2 Å². The predicted molar refractivity (Wildman–Crippen MR) is 75.9 cm³/mol. The van der Waals surface area contributed by atoms with Gasteiger partial charge in [0.25, 0.3) is 0 Å². The Morgan fingerprint density at radius 3 is 2.89 bits per heavy atom. The monoisotopic (exact) mass is 266 g/mol. The summed E-state index contributed by atoms with van der Waals surface area (Å²) in [5.41, 5.74) is 0. The van der Waals surface area contributed by atoms with Gasteiger partial charge in [-0.25, -0.2) is 0 Å². The first-order chi connectivity index (χ1) is 8.79. The van der Waals surface area contributed by atoms with Gasteiger partial charge in [0.05, 0.1) is 0 Å². The van der Waals surface area contributed by atoms with Crippen LogP contribution in [0.15, 0.2) is 17.5 Å². The molecule has 1 aliphatic rings. The minimum absolute atomic E-state index is 0.325. The van der Waals surface area contributed by atoms with Gasteiger partial charge >= 0.3 is 0 Å². The molecule has 0 aromatic carbocycles. The first-order valence-electron chi connectivity index (χ1n) is 6.74. The Kier molecular flexibility index (Phi) is 5.20. The van der Waals surface area contributed by atoms with E-state index in [1.54, 1.807) is 11.3 Å². The summed E-state index contributed by atoms with van der Waals surface area (Å²) < 4.78 is 0. The van der Waals surface area contributed by atoms with Crippen LogP contribution in [0.1, 0.15) is 24.1 Å². The van der Waals surface area contributed by atoms with Crippen molar-refractivity contribution in [3.63, 3.8) is 0 Å². The molecule has 1 aromatic rings. The minimum Gasteiger partial charge on any atom is -0.343 e. The summed E-state index contributed by atoms with van der Waals surface area (Å²) in [6.45, 7) is 2.96. The van der Waals surface area contributed by atoms with Crippen molar-refractivity contribution in [2.45, 2.75) is 25.7 Å². The van der Waals surface area contributed by atoms with Gasteiger partial charge in [0.1, 0.15) is 0 Å². The van der Waals surface area contributed by atoms with Crippen molar-refractivity contribution >= 4 is 17.2 Å². The van der Waals surface area contributed by atoms with Crippen LogP contribution in [0.5, 0.6) is 0 Å². The molecular formula is C14H22N2OS. The van der Waals surface area contributed by atoms with Crippen molar-refractivity contribution in [2.75, 3.05) is 26.7 Å². The molecule has 1 fully saturated rings. The topological polar surface area (TPSA) is 32.3 Å². The van der Waals surface area contributed by atoms with Crippen LogP contribution in [0.2, 0.25) is 0 Å².